The Morgan fingerprint density at radius 2 is 1.20 bits per heavy atom. The zero-order chi connectivity index (χ0) is 65.2. The van der Waals surface area contributed by atoms with Crippen LogP contribution in [0.2, 0.25) is 0 Å². The van der Waals surface area contributed by atoms with E-state index < -0.39 is 85.4 Å². The first-order valence-corrected chi connectivity index (χ1v) is 35.4. The molecule has 0 aromatic heterocycles. The molecule has 2 atom stereocenters. The number of aromatic hydroxyl groups is 1. The number of benzene rings is 7. The Bertz CT molecular complexity index is 4270. The Kier molecular flexibility index (Phi) is 21.3. The number of phenols is 1. The summed E-state index contributed by atoms with van der Waals surface area (Å²) in [7, 11) is -4.70. The SMILES string of the molecule is CCCCSC(=S)SC(C)(CC(CC(C)(C)C(=O)ON1C(=O)CCC1=O)C(=O)NC(C)(C)CS(=O)(=O)O)C(=O)Oc1c(-c2ccccc2)c(-c2ccccc2)c(-c2ccccc2)c(-c2ccccc2)c1-c1c2cc(Br)c(=O)c(Br)c-2oc2c(Br)c(O)c(Br)cc12. The van der Waals surface area contributed by atoms with Gasteiger partial charge in [-0.05, 0) is 163 Å². The fraction of sp³-hybridized carbons (Fsp3) is 0.269. The van der Waals surface area contributed by atoms with E-state index in [0.29, 0.717) is 75.4 Å². The minimum Gasteiger partial charge on any atom is -0.505 e. The van der Waals surface area contributed by atoms with Crippen molar-refractivity contribution in [2.24, 2.45) is 11.3 Å². The topological polar surface area (TPSA) is 224 Å². The van der Waals surface area contributed by atoms with Gasteiger partial charge in [0.15, 0.2) is 11.3 Å². The van der Waals surface area contributed by atoms with E-state index in [1.807, 2.05) is 128 Å². The molecule has 3 amide bonds. The molecule has 2 unspecified atom stereocenters. The van der Waals surface area contributed by atoms with Crippen molar-refractivity contribution in [3.05, 3.63) is 162 Å². The molecule has 90 heavy (non-hydrogen) atoms. The number of rotatable bonds is 21. The van der Waals surface area contributed by atoms with Crippen LogP contribution in [0.3, 0.4) is 0 Å². The highest BCUT2D eigenvalue weighted by Gasteiger charge is 2.48. The van der Waals surface area contributed by atoms with Crippen LogP contribution in [-0.2, 0) is 38.9 Å². The number of carbonyl (C=O) groups is 5. The third-order valence-electron chi connectivity index (χ3n) is 15.1. The predicted octanol–water partition coefficient (Wildman–Crippen LogP) is 17.0. The summed E-state index contributed by atoms with van der Waals surface area (Å²) in [5.74, 6) is -6.23. The molecule has 9 rings (SSSR count). The summed E-state index contributed by atoms with van der Waals surface area (Å²) < 4.78 is 48.1. The van der Waals surface area contributed by atoms with Gasteiger partial charge in [0.1, 0.15) is 28.7 Å². The number of thioether (sulfide) groups is 2. The summed E-state index contributed by atoms with van der Waals surface area (Å²) in [6, 6.07) is 41.6. The Morgan fingerprint density at radius 1 is 0.700 bits per heavy atom. The average molecular weight is 1550 g/mol. The van der Waals surface area contributed by atoms with Crippen molar-refractivity contribution < 1.29 is 56.0 Å². The third kappa shape index (κ3) is 14.9. The van der Waals surface area contributed by atoms with Crippen LogP contribution in [0.4, 0.5) is 0 Å². The van der Waals surface area contributed by atoms with Crippen LogP contribution in [-0.4, -0.2) is 78.1 Å². The van der Waals surface area contributed by atoms with E-state index in [0.717, 1.165) is 30.2 Å². The molecule has 6 aromatic carbocycles. The number of hydroxylamine groups is 2. The third-order valence-corrected chi connectivity index (χ3v) is 21.8. The van der Waals surface area contributed by atoms with Crippen molar-refractivity contribution >= 4 is 154 Å². The van der Waals surface area contributed by atoms with Crippen molar-refractivity contribution in [2.45, 2.75) is 90.4 Å². The van der Waals surface area contributed by atoms with Gasteiger partial charge < -0.3 is 24.4 Å². The minimum absolute atomic E-state index is 0.00771. The fourth-order valence-corrected chi connectivity index (χ4v) is 17.6. The number of amides is 3. The average Bonchev–Trinajstić information content (AvgIpc) is 0.765. The van der Waals surface area contributed by atoms with Gasteiger partial charge in [0.05, 0.1) is 25.7 Å². The molecular formula is C67H60Br4N2O13S4. The second kappa shape index (κ2) is 28.1. The first kappa shape index (κ1) is 68.3. The number of unbranched alkanes of at least 4 members (excludes halogenated alkanes) is 1. The van der Waals surface area contributed by atoms with Crippen molar-refractivity contribution in [3.63, 3.8) is 0 Å². The van der Waals surface area contributed by atoms with Crippen LogP contribution in [0.5, 0.6) is 11.5 Å². The molecular weight excluding hydrogens is 1490 g/mol. The normalized spacial score (nSPS) is 14.0. The number of carbonyl (C=O) groups excluding carboxylic acids is 5. The highest BCUT2D eigenvalue weighted by Crippen LogP contribution is 2.60. The van der Waals surface area contributed by atoms with Crippen LogP contribution in [0, 0.1) is 11.3 Å². The molecule has 1 aliphatic carbocycles. The maximum absolute atomic E-state index is 16.9. The van der Waals surface area contributed by atoms with Crippen molar-refractivity contribution in [1.82, 2.24) is 10.4 Å². The van der Waals surface area contributed by atoms with E-state index >= 15 is 9.59 Å². The zero-order valence-corrected chi connectivity index (χ0v) is 59.0. The molecule has 0 saturated carbocycles. The molecule has 2 heterocycles. The number of nitrogens with zero attached hydrogens (tertiary/aromatic N) is 1. The molecule has 1 saturated heterocycles. The molecule has 3 aliphatic rings. The number of phenolic OH excluding ortho intramolecular Hbond substituents is 1. The van der Waals surface area contributed by atoms with Gasteiger partial charge in [-0.2, -0.15) is 8.42 Å². The molecule has 15 nitrogen and oxygen atoms in total. The van der Waals surface area contributed by atoms with Crippen LogP contribution in [0.15, 0.2) is 161 Å². The molecule has 2 aliphatic heterocycles. The predicted molar refractivity (Wildman–Crippen MR) is 373 cm³/mol. The van der Waals surface area contributed by atoms with Gasteiger partial charge in [-0.3, -0.25) is 28.5 Å². The van der Waals surface area contributed by atoms with Crippen molar-refractivity contribution in [2.75, 3.05) is 11.5 Å². The molecule has 6 aromatic rings. The van der Waals surface area contributed by atoms with E-state index in [4.69, 9.17) is 26.2 Å². The van der Waals surface area contributed by atoms with Crippen molar-refractivity contribution in [3.8, 4) is 78.5 Å². The second-order valence-electron chi connectivity index (χ2n) is 23.1. The summed E-state index contributed by atoms with van der Waals surface area (Å²) in [5, 5.41) is 15.2. The number of nitrogens with one attached hydrogen (secondary N) is 1. The standard InChI is InChI=1S/C67H60Br4N2O13S4/c1-7-8-31-88-64(87)89-67(6,35-41(61(78)72-66(4,5)36-90(81,82)83)34-65(2,3)62(79)86-73-46(74)29-30-47(73)75)63(80)85-60-51(40-27-19-12-20-28-40)49(38-23-15-10-16-24-38)48(37-21-13-9-14-22-37)50(39-25-17-11-18-26-39)53(60)52-42-32-44(68)56(76)54(70)58(42)84-59-43(52)33-45(69)57(77)55(59)71/h9-28,32-33,41,76H,7-8,29-31,34-36H2,1-6H3,(H,72,78)(H,81,82,83). The lowest BCUT2D eigenvalue weighted by atomic mass is 9.76. The zero-order valence-electron chi connectivity index (χ0n) is 49.4. The monoisotopic (exact) mass is 1540 g/mol. The Hall–Kier alpha value is -6.02. The van der Waals surface area contributed by atoms with Crippen LogP contribution in [0.1, 0.15) is 80.1 Å². The van der Waals surface area contributed by atoms with Crippen LogP contribution in [0.25, 0.3) is 77.9 Å². The van der Waals surface area contributed by atoms with Gasteiger partial charge in [-0.1, -0.05) is 159 Å². The highest BCUT2D eigenvalue weighted by molar-refractivity contribution is 9.11. The van der Waals surface area contributed by atoms with E-state index in [1.54, 1.807) is 19.1 Å². The fourth-order valence-electron chi connectivity index (χ4n) is 11.0. The minimum atomic E-state index is -4.70. The largest absolute Gasteiger partial charge is 0.505 e. The summed E-state index contributed by atoms with van der Waals surface area (Å²) in [6.45, 7) is 9.27. The highest BCUT2D eigenvalue weighted by atomic mass is 79.9. The van der Waals surface area contributed by atoms with Gasteiger partial charge in [0, 0.05) is 57.5 Å². The number of imide groups is 1. The van der Waals surface area contributed by atoms with Gasteiger partial charge in [0.2, 0.25) is 11.3 Å². The maximum atomic E-state index is 16.9. The number of fused-ring (bicyclic) bond motifs is 2. The molecule has 1 fully saturated rings. The number of hydrogen-bond acceptors (Lipinski definition) is 15. The summed E-state index contributed by atoms with van der Waals surface area (Å²) in [6.07, 6.45) is 0.328. The molecule has 0 spiro atoms. The first-order valence-electron chi connectivity index (χ1n) is 28.4. The molecule has 468 valence electrons. The van der Waals surface area contributed by atoms with Crippen LogP contribution < -0.4 is 15.5 Å². The maximum Gasteiger partial charge on any atom is 0.338 e. The number of halogens is 4. The lowest BCUT2D eigenvalue weighted by Crippen LogP contribution is -2.52. The molecule has 0 radical (unpaired) electrons. The lowest BCUT2D eigenvalue weighted by Gasteiger charge is -2.36. The molecule has 23 heteroatoms. The summed E-state index contributed by atoms with van der Waals surface area (Å²) in [5.41, 5.74) is 2.35. The van der Waals surface area contributed by atoms with Gasteiger partial charge in [-0.15, -0.1) is 16.8 Å². The Balaban J connectivity index is 1.42. The first-order chi connectivity index (χ1) is 42.5. The second-order valence-corrected chi connectivity index (χ2v) is 31.7. The molecule has 3 N–H and O–H groups in total. The van der Waals surface area contributed by atoms with E-state index in [9.17, 15) is 37.3 Å². The van der Waals surface area contributed by atoms with E-state index in [2.05, 4.69) is 69.0 Å². The van der Waals surface area contributed by atoms with E-state index in [-0.39, 0.29) is 53.6 Å². The summed E-state index contributed by atoms with van der Waals surface area (Å²) in [4.78, 5) is 91.7. The number of esters is 1. The van der Waals surface area contributed by atoms with Gasteiger partial charge in [0.25, 0.3) is 21.9 Å². The summed E-state index contributed by atoms with van der Waals surface area (Å²) >= 11 is 22.8. The Labute approximate surface area is 568 Å². The van der Waals surface area contributed by atoms with Crippen molar-refractivity contribution in [1.29, 1.82) is 0 Å². The smallest absolute Gasteiger partial charge is 0.338 e. The van der Waals surface area contributed by atoms with Gasteiger partial charge in [-0.25, -0.2) is 4.79 Å². The Morgan fingerprint density at radius 3 is 1.71 bits per heavy atom. The van der Waals surface area contributed by atoms with Gasteiger partial charge >= 0.3 is 11.9 Å². The van der Waals surface area contributed by atoms with E-state index in [1.165, 1.54) is 39.5 Å². The quantitative estimate of drug-likeness (QED) is 0.0116. The van der Waals surface area contributed by atoms with Crippen LogP contribution >= 0.6 is 99.5 Å². The number of hydrogen-bond donors (Lipinski definition) is 3. The lowest BCUT2D eigenvalue weighted by molar-refractivity contribution is -0.204. The number of ether oxygens (including phenoxy) is 1. The number of thiocarbonyl (C=S) groups is 1. The molecule has 0 bridgehead atoms.